The van der Waals surface area contributed by atoms with Crippen LogP contribution in [0.25, 0.3) is 0 Å². The van der Waals surface area contributed by atoms with E-state index in [1.165, 1.54) is 11.0 Å². The zero-order valence-electron chi connectivity index (χ0n) is 20.2. The summed E-state index contributed by atoms with van der Waals surface area (Å²) in [6, 6.07) is 19.9. The molecule has 0 bridgehead atoms. The molecular formula is C28H31FN4O2. The average Bonchev–Trinajstić information content (AvgIpc) is 3.49. The van der Waals surface area contributed by atoms with Gasteiger partial charge in [-0.1, -0.05) is 18.2 Å². The third kappa shape index (κ3) is 4.28. The number of hydrogen-bond donors (Lipinski definition) is 0. The number of carbonyl (C=O) groups excluding carboxylic acids is 2. The Balaban J connectivity index is 0.00000304. The first-order valence-electron chi connectivity index (χ1n) is 11.8. The molecule has 35 heavy (non-hydrogen) atoms. The quantitative estimate of drug-likeness (QED) is 0.540. The first-order chi connectivity index (χ1) is 16.8. The molecular weight excluding hydrogens is 443 g/mol. The SMILES string of the molecule is CN(C(=O)c1ccc(N2Cc3ccccc3C2=O)cc1)c1ccc(N2CCC(N(C)C)C2)c(F)c1.[HH]. The van der Waals surface area contributed by atoms with Crippen LogP contribution in [0.2, 0.25) is 0 Å². The molecule has 2 heterocycles. The molecule has 1 fully saturated rings. The summed E-state index contributed by atoms with van der Waals surface area (Å²) in [4.78, 5) is 33.2. The van der Waals surface area contributed by atoms with Gasteiger partial charge in [0.05, 0.1) is 12.2 Å². The highest BCUT2D eigenvalue weighted by Crippen LogP contribution is 2.30. The maximum absolute atomic E-state index is 15.0. The summed E-state index contributed by atoms with van der Waals surface area (Å²) in [6.45, 7) is 2.11. The van der Waals surface area contributed by atoms with Gasteiger partial charge in [-0.15, -0.1) is 0 Å². The lowest BCUT2D eigenvalue weighted by atomic mass is 10.1. The van der Waals surface area contributed by atoms with E-state index in [0.29, 0.717) is 35.1 Å². The number of anilines is 3. The van der Waals surface area contributed by atoms with Crippen LogP contribution in [-0.2, 0) is 6.54 Å². The molecule has 7 heteroatoms. The minimum Gasteiger partial charge on any atom is -0.368 e. The molecule has 0 aliphatic carbocycles. The van der Waals surface area contributed by atoms with Gasteiger partial charge in [-0.3, -0.25) is 9.59 Å². The van der Waals surface area contributed by atoms with Crippen LogP contribution in [0.15, 0.2) is 66.7 Å². The lowest BCUT2D eigenvalue weighted by molar-refractivity contribution is 0.0988. The number of nitrogens with zero attached hydrogens (tertiary/aromatic N) is 4. The Morgan fingerprint density at radius 3 is 2.43 bits per heavy atom. The van der Waals surface area contributed by atoms with E-state index in [9.17, 15) is 9.59 Å². The third-order valence-corrected chi connectivity index (χ3v) is 7.10. The fraction of sp³-hybridized carbons (Fsp3) is 0.286. The van der Waals surface area contributed by atoms with Gasteiger partial charge in [0.2, 0.25) is 0 Å². The molecule has 3 aromatic rings. The smallest absolute Gasteiger partial charge is 0.258 e. The Morgan fingerprint density at radius 1 is 1.03 bits per heavy atom. The summed E-state index contributed by atoms with van der Waals surface area (Å²) in [7, 11) is 5.73. The average molecular weight is 475 g/mol. The van der Waals surface area contributed by atoms with Crippen LogP contribution in [0, 0.1) is 5.82 Å². The Hall–Kier alpha value is -3.71. The van der Waals surface area contributed by atoms with Crippen LogP contribution in [0.1, 0.15) is 34.1 Å². The largest absolute Gasteiger partial charge is 0.368 e. The van der Waals surface area contributed by atoms with Crippen molar-refractivity contribution in [1.29, 1.82) is 0 Å². The molecule has 1 saturated heterocycles. The molecule has 182 valence electrons. The lowest BCUT2D eigenvalue weighted by Gasteiger charge is -2.24. The summed E-state index contributed by atoms with van der Waals surface area (Å²) in [5.41, 5.74) is 3.98. The number of benzene rings is 3. The van der Waals surface area contributed by atoms with Crippen molar-refractivity contribution in [3.8, 4) is 0 Å². The number of carbonyl (C=O) groups is 2. The topological polar surface area (TPSA) is 47.1 Å². The minimum absolute atomic E-state index is 0. The highest BCUT2D eigenvalue weighted by Gasteiger charge is 2.29. The van der Waals surface area contributed by atoms with E-state index >= 15 is 4.39 Å². The van der Waals surface area contributed by atoms with E-state index < -0.39 is 0 Å². The Morgan fingerprint density at radius 2 is 1.77 bits per heavy atom. The summed E-state index contributed by atoms with van der Waals surface area (Å²) in [5, 5.41) is 0. The van der Waals surface area contributed by atoms with Crippen LogP contribution in [0.3, 0.4) is 0 Å². The molecule has 2 aliphatic rings. The van der Waals surface area contributed by atoms with E-state index in [1.54, 1.807) is 48.3 Å². The zero-order valence-corrected chi connectivity index (χ0v) is 20.2. The van der Waals surface area contributed by atoms with Gasteiger partial charge in [0, 0.05) is 50.1 Å². The summed E-state index contributed by atoms with van der Waals surface area (Å²) in [6.07, 6.45) is 0.998. The first-order valence-corrected chi connectivity index (χ1v) is 11.8. The molecule has 6 nitrogen and oxygen atoms in total. The van der Waals surface area contributed by atoms with Gasteiger partial charge < -0.3 is 19.6 Å². The number of fused-ring (bicyclic) bond motifs is 1. The summed E-state index contributed by atoms with van der Waals surface area (Å²) >= 11 is 0. The second-order valence-corrected chi connectivity index (χ2v) is 9.45. The van der Waals surface area contributed by atoms with Crippen LogP contribution in [0.4, 0.5) is 21.5 Å². The molecule has 0 aromatic heterocycles. The van der Waals surface area contributed by atoms with Crippen LogP contribution >= 0.6 is 0 Å². The van der Waals surface area contributed by atoms with Crippen molar-refractivity contribution in [3.63, 3.8) is 0 Å². The van der Waals surface area contributed by atoms with Crippen molar-refractivity contribution in [2.24, 2.45) is 0 Å². The van der Waals surface area contributed by atoms with E-state index in [4.69, 9.17) is 0 Å². The molecule has 3 aromatic carbocycles. The highest BCUT2D eigenvalue weighted by molar-refractivity contribution is 6.10. The van der Waals surface area contributed by atoms with Crippen LogP contribution in [0.5, 0.6) is 0 Å². The fourth-order valence-electron chi connectivity index (χ4n) is 4.90. The van der Waals surface area contributed by atoms with Gasteiger partial charge in [-0.2, -0.15) is 0 Å². The van der Waals surface area contributed by atoms with Crippen molar-refractivity contribution < 1.29 is 15.4 Å². The molecule has 0 N–H and O–H groups in total. The molecule has 0 radical (unpaired) electrons. The van der Waals surface area contributed by atoms with E-state index in [-0.39, 0.29) is 19.1 Å². The summed E-state index contributed by atoms with van der Waals surface area (Å²) < 4.78 is 15.0. The van der Waals surface area contributed by atoms with Gasteiger partial charge in [0.15, 0.2) is 0 Å². The number of hydrogen-bond acceptors (Lipinski definition) is 4. The second-order valence-electron chi connectivity index (χ2n) is 9.45. The maximum atomic E-state index is 15.0. The predicted octanol–water partition coefficient (Wildman–Crippen LogP) is 4.65. The minimum atomic E-state index is -0.330. The number of halogens is 1. The summed E-state index contributed by atoms with van der Waals surface area (Å²) in [5.74, 6) is -0.611. The molecule has 5 rings (SSSR count). The Labute approximate surface area is 206 Å². The van der Waals surface area contributed by atoms with Crippen LogP contribution < -0.4 is 14.7 Å². The predicted molar refractivity (Wildman–Crippen MR) is 139 cm³/mol. The maximum Gasteiger partial charge on any atom is 0.258 e. The molecule has 1 unspecified atom stereocenters. The van der Waals surface area contributed by atoms with Crippen molar-refractivity contribution in [2.45, 2.75) is 19.0 Å². The zero-order chi connectivity index (χ0) is 24.7. The van der Waals surface area contributed by atoms with E-state index in [0.717, 1.165) is 30.8 Å². The molecule has 0 saturated carbocycles. The molecule has 0 spiro atoms. The Bertz CT molecular complexity index is 1280. The van der Waals surface area contributed by atoms with Gasteiger partial charge in [0.1, 0.15) is 5.82 Å². The van der Waals surface area contributed by atoms with Crippen molar-refractivity contribution in [2.75, 3.05) is 48.9 Å². The number of amides is 2. The van der Waals surface area contributed by atoms with Gasteiger partial charge >= 0.3 is 0 Å². The van der Waals surface area contributed by atoms with Crippen molar-refractivity contribution in [3.05, 3.63) is 89.2 Å². The van der Waals surface area contributed by atoms with Crippen molar-refractivity contribution >= 4 is 28.9 Å². The standard InChI is InChI=1S/C28H29FN4O2.H2/c1-30(2)23-14-15-32(18-23)26-13-12-22(16-25(26)29)31(3)27(34)19-8-10-21(11-9-19)33-17-20-6-4-5-7-24(20)28(33)35;/h4-13,16,23H,14-15,17-18H2,1-3H3;1H. The molecule has 1 atom stereocenters. The number of likely N-dealkylation sites (N-methyl/N-ethyl adjacent to an activating group) is 1. The normalized spacial score (nSPS) is 17.3. The highest BCUT2D eigenvalue weighted by atomic mass is 19.1. The van der Waals surface area contributed by atoms with E-state index in [2.05, 4.69) is 9.80 Å². The number of rotatable bonds is 5. The fourth-order valence-corrected chi connectivity index (χ4v) is 4.90. The van der Waals surface area contributed by atoms with Crippen LogP contribution in [-0.4, -0.2) is 57.0 Å². The van der Waals surface area contributed by atoms with Gasteiger partial charge in [0.25, 0.3) is 11.8 Å². The first kappa shape index (κ1) is 23.1. The third-order valence-electron chi connectivity index (χ3n) is 7.10. The second kappa shape index (κ2) is 9.15. The van der Waals surface area contributed by atoms with Gasteiger partial charge in [-0.05, 0) is 74.6 Å². The molecule has 2 amide bonds. The monoisotopic (exact) mass is 474 g/mol. The van der Waals surface area contributed by atoms with E-state index in [1.807, 2.05) is 38.4 Å². The molecule has 2 aliphatic heterocycles. The van der Waals surface area contributed by atoms with Gasteiger partial charge in [-0.25, -0.2) is 4.39 Å². The lowest BCUT2D eigenvalue weighted by Crippen LogP contribution is -2.31. The Kier molecular flexibility index (Phi) is 6.03. The van der Waals surface area contributed by atoms with Crippen molar-refractivity contribution in [1.82, 2.24) is 4.90 Å².